The number of nitriles is 1. The lowest BCUT2D eigenvalue weighted by atomic mass is 10.1. The van der Waals surface area contributed by atoms with E-state index in [9.17, 15) is 13.2 Å². The predicted octanol–water partition coefficient (Wildman–Crippen LogP) is 7.94. The van der Waals surface area contributed by atoms with Crippen LogP contribution in [0.4, 0.5) is 13.2 Å². The van der Waals surface area contributed by atoms with Crippen LogP contribution in [-0.4, -0.2) is 10.6 Å². The summed E-state index contributed by atoms with van der Waals surface area (Å²) >= 11 is -0.0697. The normalized spacial score (nSPS) is 10.2. The van der Waals surface area contributed by atoms with Gasteiger partial charge in [-0.3, -0.25) is 0 Å². The van der Waals surface area contributed by atoms with Crippen molar-refractivity contribution in [2.75, 3.05) is 0 Å². The Morgan fingerprint density at radius 3 is 1.75 bits per heavy atom. The minimum Gasteiger partial charge on any atom is -0.508 e. The van der Waals surface area contributed by atoms with Gasteiger partial charge in [-0.15, -0.1) is 0 Å². The summed E-state index contributed by atoms with van der Waals surface area (Å²) in [4.78, 5) is 0.256. The third-order valence-electron chi connectivity index (χ3n) is 4.32. The average Bonchev–Trinajstić information content (AvgIpc) is 2.79. The lowest BCUT2D eigenvalue weighted by Crippen LogP contribution is -1.99. The topological polar surface area (TPSA) is 44.0 Å². The van der Waals surface area contributed by atoms with Crippen molar-refractivity contribution in [1.29, 1.82) is 5.26 Å². The highest BCUT2D eigenvalue weighted by Gasteiger charge is 2.29. The minimum atomic E-state index is -4.19. The number of phenolic OH excluding ortho intramolecular Hbond substituents is 1. The van der Waals surface area contributed by atoms with Crippen molar-refractivity contribution < 1.29 is 18.3 Å². The molecule has 32 heavy (non-hydrogen) atoms. The van der Waals surface area contributed by atoms with Gasteiger partial charge in [-0.25, -0.2) is 0 Å². The molecule has 0 heterocycles. The van der Waals surface area contributed by atoms with Gasteiger partial charge in [-0.1, -0.05) is 57.2 Å². The molecule has 0 aliphatic heterocycles. The molecule has 170 valence electrons. The van der Waals surface area contributed by atoms with Crippen LogP contribution in [0, 0.1) is 11.3 Å². The van der Waals surface area contributed by atoms with Crippen LogP contribution in [0.15, 0.2) is 77.7 Å². The first kappa shape index (κ1) is 27.1. The molecule has 0 spiro atoms. The largest absolute Gasteiger partial charge is 0.508 e. The minimum absolute atomic E-state index is 0.0697. The molecule has 6 heteroatoms. The summed E-state index contributed by atoms with van der Waals surface area (Å²) < 4.78 is 35.8. The van der Waals surface area contributed by atoms with E-state index in [-0.39, 0.29) is 16.7 Å². The molecule has 0 aromatic heterocycles. The maximum Gasteiger partial charge on any atom is 0.446 e. The van der Waals surface area contributed by atoms with Crippen LogP contribution < -0.4 is 0 Å². The quantitative estimate of drug-likeness (QED) is 0.403. The second-order valence-electron chi connectivity index (χ2n) is 6.74. The van der Waals surface area contributed by atoms with Gasteiger partial charge < -0.3 is 5.11 Å². The van der Waals surface area contributed by atoms with Crippen LogP contribution in [0.25, 0.3) is 0 Å². The van der Waals surface area contributed by atoms with Crippen molar-refractivity contribution in [1.82, 2.24) is 0 Å². The Kier molecular flexibility index (Phi) is 12.0. The van der Waals surface area contributed by atoms with Crippen molar-refractivity contribution in [2.45, 2.75) is 50.4 Å². The highest BCUT2D eigenvalue weighted by atomic mass is 32.2. The Hall–Kier alpha value is -2.91. The third kappa shape index (κ3) is 11.5. The monoisotopic (exact) mass is 459 g/mol. The van der Waals surface area contributed by atoms with Gasteiger partial charge in [0.05, 0.1) is 11.6 Å². The number of hydrogen-bond donors (Lipinski definition) is 1. The highest BCUT2D eigenvalue weighted by Crippen LogP contribution is 2.36. The second kappa shape index (κ2) is 14.2. The van der Waals surface area contributed by atoms with Gasteiger partial charge in [0.1, 0.15) is 5.75 Å². The second-order valence-corrected chi connectivity index (χ2v) is 7.88. The molecular weight excluding hydrogens is 431 g/mol. The Morgan fingerprint density at radius 2 is 1.28 bits per heavy atom. The molecule has 0 saturated heterocycles. The summed E-state index contributed by atoms with van der Waals surface area (Å²) in [6.45, 7) is 6.06. The van der Waals surface area contributed by atoms with Crippen LogP contribution in [0.1, 0.15) is 43.0 Å². The first-order chi connectivity index (χ1) is 15.2. The number of alkyl halides is 3. The molecule has 0 bridgehead atoms. The number of aromatic hydroxyl groups is 1. The zero-order chi connectivity index (χ0) is 24.0. The van der Waals surface area contributed by atoms with E-state index in [2.05, 4.69) is 19.9 Å². The highest BCUT2D eigenvalue weighted by molar-refractivity contribution is 8.00. The van der Waals surface area contributed by atoms with E-state index in [0.717, 1.165) is 30.4 Å². The number of nitrogens with zero attached hydrogens (tertiary/aromatic N) is 1. The zero-order valence-corrected chi connectivity index (χ0v) is 19.3. The van der Waals surface area contributed by atoms with E-state index < -0.39 is 5.51 Å². The van der Waals surface area contributed by atoms with E-state index in [1.54, 1.807) is 24.3 Å². The summed E-state index contributed by atoms with van der Waals surface area (Å²) in [6, 6.07) is 23.6. The van der Waals surface area contributed by atoms with Crippen LogP contribution >= 0.6 is 11.8 Å². The maximum atomic E-state index is 11.9. The summed E-state index contributed by atoms with van der Waals surface area (Å²) in [5.74, 6) is 0.356. The SMILES string of the molecule is CCc1cccc(C#N)c1.CCc1cccc(O)c1.CCc1cccc(SC(F)(F)F)c1. The molecule has 0 radical (unpaired) electrons. The molecule has 3 rings (SSSR count). The third-order valence-corrected chi connectivity index (χ3v) is 5.04. The van der Waals surface area contributed by atoms with E-state index in [1.807, 2.05) is 49.4 Å². The van der Waals surface area contributed by atoms with Gasteiger partial charge >= 0.3 is 5.51 Å². The van der Waals surface area contributed by atoms with Gasteiger partial charge in [0.25, 0.3) is 0 Å². The fourth-order valence-electron chi connectivity index (χ4n) is 2.60. The molecule has 0 saturated carbocycles. The lowest BCUT2D eigenvalue weighted by molar-refractivity contribution is -0.0328. The Morgan fingerprint density at radius 1 is 0.781 bits per heavy atom. The van der Waals surface area contributed by atoms with Gasteiger partial charge in [0.15, 0.2) is 0 Å². The molecule has 0 aliphatic rings. The molecule has 3 aromatic carbocycles. The van der Waals surface area contributed by atoms with Crippen LogP contribution in [0.3, 0.4) is 0 Å². The van der Waals surface area contributed by atoms with E-state index in [1.165, 1.54) is 17.2 Å². The first-order valence-corrected chi connectivity index (χ1v) is 11.1. The molecule has 0 fully saturated rings. The number of rotatable bonds is 4. The fourth-order valence-corrected chi connectivity index (χ4v) is 3.22. The summed E-state index contributed by atoms with van der Waals surface area (Å²) in [6.07, 6.45) is 2.73. The lowest BCUT2D eigenvalue weighted by Gasteiger charge is -2.06. The number of aryl methyl sites for hydroxylation is 3. The molecular formula is C26H28F3NOS. The van der Waals surface area contributed by atoms with E-state index >= 15 is 0 Å². The van der Waals surface area contributed by atoms with Crippen molar-refractivity contribution in [3.8, 4) is 11.8 Å². The van der Waals surface area contributed by atoms with Crippen LogP contribution in [0.5, 0.6) is 5.75 Å². The van der Waals surface area contributed by atoms with E-state index in [0.29, 0.717) is 5.75 Å². The van der Waals surface area contributed by atoms with Gasteiger partial charge in [-0.2, -0.15) is 18.4 Å². The smallest absolute Gasteiger partial charge is 0.446 e. The van der Waals surface area contributed by atoms with Crippen LogP contribution in [-0.2, 0) is 19.3 Å². The Labute approximate surface area is 192 Å². The fraction of sp³-hybridized carbons (Fsp3) is 0.269. The summed E-state index contributed by atoms with van der Waals surface area (Å²) in [5, 5.41) is 17.5. The van der Waals surface area contributed by atoms with Gasteiger partial charge in [0.2, 0.25) is 0 Å². The van der Waals surface area contributed by atoms with Crippen LogP contribution in [0.2, 0.25) is 0 Å². The van der Waals surface area contributed by atoms with Gasteiger partial charge in [0, 0.05) is 4.90 Å². The Bertz CT molecular complexity index is 997. The van der Waals surface area contributed by atoms with Crippen molar-refractivity contribution in [2.24, 2.45) is 0 Å². The van der Waals surface area contributed by atoms with Crippen molar-refractivity contribution >= 4 is 11.8 Å². The summed E-state index contributed by atoms with van der Waals surface area (Å²) in [7, 11) is 0. The van der Waals surface area contributed by atoms with Gasteiger partial charge in [-0.05, 0) is 84.1 Å². The molecule has 0 amide bonds. The van der Waals surface area contributed by atoms with Crippen molar-refractivity contribution in [3.05, 3.63) is 95.1 Å². The molecule has 0 unspecified atom stereocenters. The Balaban J connectivity index is 0.000000245. The molecule has 2 nitrogen and oxygen atoms in total. The number of thioether (sulfide) groups is 1. The molecule has 3 aromatic rings. The summed E-state index contributed by atoms with van der Waals surface area (Å²) in [5.41, 5.74) is -0.116. The number of phenols is 1. The molecule has 0 aliphatic carbocycles. The molecule has 0 atom stereocenters. The number of halogens is 3. The molecule has 1 N–H and O–H groups in total. The first-order valence-electron chi connectivity index (χ1n) is 10.3. The predicted molar refractivity (Wildman–Crippen MR) is 126 cm³/mol. The van der Waals surface area contributed by atoms with E-state index in [4.69, 9.17) is 10.4 Å². The standard InChI is InChI=1S/C9H9F3S.C9H9N.C8H10O/c1-2-7-4-3-5-8(6-7)13-9(10,11)12;1-2-8-4-3-5-9(6-8)7-10;1-2-7-4-3-5-8(9)6-7/h3-6H,2H2,1H3;3-6H,2H2,1H3;3-6,9H,2H2,1H3. The number of hydrogen-bond acceptors (Lipinski definition) is 3. The zero-order valence-electron chi connectivity index (χ0n) is 18.5. The number of benzene rings is 3. The average molecular weight is 460 g/mol. The maximum absolute atomic E-state index is 11.9. The van der Waals surface area contributed by atoms with Crippen molar-refractivity contribution in [3.63, 3.8) is 0 Å².